The zero-order valence-corrected chi connectivity index (χ0v) is 19.5. The number of carbonyl (C=O) groups excluding carboxylic acids is 1. The van der Waals surface area contributed by atoms with Crippen LogP contribution in [0.4, 0.5) is 0 Å². The molecule has 1 aliphatic carbocycles. The molecule has 0 spiro atoms. The van der Waals surface area contributed by atoms with Crippen LogP contribution in [0.15, 0.2) is 34.7 Å². The Hall–Kier alpha value is -2.11. The van der Waals surface area contributed by atoms with Gasteiger partial charge in [0.05, 0.1) is 6.10 Å². The number of hydrogen-bond donors (Lipinski definition) is 0. The molecule has 0 saturated carbocycles. The summed E-state index contributed by atoms with van der Waals surface area (Å²) in [6.07, 6.45) is 6.96. The van der Waals surface area contributed by atoms with E-state index in [1.807, 2.05) is 24.8 Å². The Labute approximate surface area is 191 Å². The standard InChI is InChI=1S/C27H36N2O3/c1-19-14-20(2)32-26(19)27(30)29(18-25-8-5-13-31-25)17-21-9-11-28(12-10-21)24-15-22-6-3-4-7-23(22)16-24/h3-4,6-7,14,21,24-25H,5,8-13,15-18H2,1-2H3. The highest BCUT2D eigenvalue weighted by atomic mass is 16.5. The molecule has 5 heteroatoms. The lowest BCUT2D eigenvalue weighted by atomic mass is 9.94. The van der Waals surface area contributed by atoms with Gasteiger partial charge in [0.15, 0.2) is 5.76 Å². The maximum atomic E-state index is 13.4. The topological polar surface area (TPSA) is 45.9 Å². The van der Waals surface area contributed by atoms with Crippen molar-refractivity contribution in [1.29, 1.82) is 0 Å². The number of aryl methyl sites for hydroxylation is 2. The van der Waals surface area contributed by atoms with Crippen molar-refractivity contribution in [3.05, 3.63) is 58.5 Å². The molecule has 2 fully saturated rings. The molecule has 0 radical (unpaired) electrons. The third kappa shape index (κ3) is 4.65. The van der Waals surface area contributed by atoms with E-state index >= 15 is 0 Å². The van der Waals surface area contributed by atoms with Crippen molar-refractivity contribution in [2.45, 2.75) is 64.5 Å². The van der Waals surface area contributed by atoms with Gasteiger partial charge < -0.3 is 14.1 Å². The molecule has 1 atom stereocenters. The minimum atomic E-state index is 0.0276. The number of ether oxygens (including phenoxy) is 1. The van der Waals surface area contributed by atoms with E-state index < -0.39 is 0 Å². The SMILES string of the molecule is Cc1cc(C)c(C(=O)N(CC2CCN(C3Cc4ccccc4C3)CC2)CC2CCCO2)o1. The Balaban J connectivity index is 1.20. The van der Waals surface area contributed by atoms with Gasteiger partial charge in [-0.1, -0.05) is 24.3 Å². The molecular weight excluding hydrogens is 400 g/mol. The van der Waals surface area contributed by atoms with Crippen molar-refractivity contribution in [1.82, 2.24) is 9.80 Å². The Kier molecular flexibility index (Phi) is 6.38. The number of nitrogens with zero attached hydrogens (tertiary/aromatic N) is 2. The highest BCUT2D eigenvalue weighted by Gasteiger charge is 2.33. The van der Waals surface area contributed by atoms with E-state index in [1.54, 1.807) is 0 Å². The van der Waals surface area contributed by atoms with Crippen molar-refractivity contribution in [3.63, 3.8) is 0 Å². The molecule has 1 aromatic heterocycles. The summed E-state index contributed by atoms with van der Waals surface area (Å²) in [4.78, 5) is 18.1. The summed E-state index contributed by atoms with van der Waals surface area (Å²) in [6, 6.07) is 11.5. The number of amides is 1. The Morgan fingerprint density at radius 2 is 1.78 bits per heavy atom. The highest BCUT2D eigenvalue weighted by molar-refractivity contribution is 5.93. The van der Waals surface area contributed by atoms with E-state index in [-0.39, 0.29) is 12.0 Å². The Morgan fingerprint density at radius 1 is 1.06 bits per heavy atom. The van der Waals surface area contributed by atoms with Crippen LogP contribution in [0.25, 0.3) is 0 Å². The van der Waals surface area contributed by atoms with Crippen molar-refractivity contribution in [3.8, 4) is 0 Å². The van der Waals surface area contributed by atoms with Crippen LogP contribution in [0.2, 0.25) is 0 Å². The predicted molar refractivity (Wildman–Crippen MR) is 125 cm³/mol. The number of benzene rings is 1. The number of hydrogen-bond acceptors (Lipinski definition) is 4. The minimum Gasteiger partial charge on any atom is -0.456 e. The van der Waals surface area contributed by atoms with Crippen molar-refractivity contribution in [2.24, 2.45) is 5.92 Å². The maximum Gasteiger partial charge on any atom is 0.289 e. The fraction of sp³-hybridized carbons (Fsp3) is 0.593. The fourth-order valence-electron chi connectivity index (χ4n) is 5.88. The van der Waals surface area contributed by atoms with Gasteiger partial charge in [-0.25, -0.2) is 0 Å². The molecule has 2 saturated heterocycles. The summed E-state index contributed by atoms with van der Waals surface area (Å²) >= 11 is 0. The molecule has 32 heavy (non-hydrogen) atoms. The lowest BCUT2D eigenvalue weighted by molar-refractivity contribution is 0.0407. The minimum absolute atomic E-state index is 0.0276. The Bertz CT molecular complexity index is 913. The van der Waals surface area contributed by atoms with E-state index in [0.717, 1.165) is 63.2 Å². The predicted octanol–water partition coefficient (Wildman–Crippen LogP) is 4.40. The van der Waals surface area contributed by atoms with Gasteiger partial charge >= 0.3 is 0 Å². The maximum absolute atomic E-state index is 13.4. The van der Waals surface area contributed by atoms with Crippen LogP contribution < -0.4 is 0 Å². The normalized spacial score (nSPS) is 22.4. The second kappa shape index (κ2) is 9.40. The number of carbonyl (C=O) groups is 1. The Morgan fingerprint density at radius 3 is 2.38 bits per heavy atom. The molecule has 0 bridgehead atoms. The first-order chi connectivity index (χ1) is 15.6. The monoisotopic (exact) mass is 436 g/mol. The number of piperidine rings is 1. The van der Waals surface area contributed by atoms with E-state index in [4.69, 9.17) is 9.15 Å². The molecule has 1 aromatic carbocycles. The third-order valence-corrected chi connectivity index (χ3v) is 7.64. The lowest BCUT2D eigenvalue weighted by Gasteiger charge is -2.38. The zero-order valence-electron chi connectivity index (χ0n) is 19.5. The first kappa shape index (κ1) is 21.7. The zero-order chi connectivity index (χ0) is 22.1. The van der Waals surface area contributed by atoms with Crippen LogP contribution in [-0.4, -0.2) is 60.6 Å². The molecule has 172 valence electrons. The molecular formula is C27H36N2O3. The lowest BCUT2D eigenvalue weighted by Crippen LogP contribution is -2.46. The number of likely N-dealkylation sites (tertiary alicyclic amines) is 1. The molecule has 1 amide bonds. The van der Waals surface area contributed by atoms with Gasteiger partial charge in [-0.15, -0.1) is 0 Å². The molecule has 5 rings (SSSR count). The molecule has 3 heterocycles. The van der Waals surface area contributed by atoms with Crippen LogP contribution in [0.1, 0.15) is 58.7 Å². The summed E-state index contributed by atoms with van der Waals surface area (Å²) in [7, 11) is 0. The third-order valence-electron chi connectivity index (χ3n) is 7.64. The van der Waals surface area contributed by atoms with Crippen LogP contribution in [0, 0.1) is 19.8 Å². The highest BCUT2D eigenvalue weighted by Crippen LogP contribution is 2.29. The fourth-order valence-corrected chi connectivity index (χ4v) is 5.88. The van der Waals surface area contributed by atoms with E-state index in [2.05, 4.69) is 29.2 Å². The number of rotatable bonds is 6. The van der Waals surface area contributed by atoms with Gasteiger partial charge in [0.2, 0.25) is 0 Å². The van der Waals surface area contributed by atoms with Crippen molar-refractivity contribution >= 4 is 5.91 Å². The summed E-state index contributed by atoms with van der Waals surface area (Å²) < 4.78 is 11.7. The van der Waals surface area contributed by atoms with E-state index in [1.165, 1.54) is 24.0 Å². The van der Waals surface area contributed by atoms with Gasteiger partial charge in [-0.05, 0) is 88.6 Å². The van der Waals surface area contributed by atoms with Gasteiger partial charge in [-0.2, -0.15) is 0 Å². The van der Waals surface area contributed by atoms with Gasteiger partial charge in [0.1, 0.15) is 5.76 Å². The first-order valence-corrected chi connectivity index (χ1v) is 12.4. The molecule has 2 aliphatic heterocycles. The first-order valence-electron chi connectivity index (χ1n) is 12.4. The number of furan rings is 1. The quantitative estimate of drug-likeness (QED) is 0.674. The van der Waals surface area contributed by atoms with Crippen LogP contribution in [0.3, 0.4) is 0 Å². The summed E-state index contributed by atoms with van der Waals surface area (Å²) in [5.74, 6) is 1.87. The smallest absolute Gasteiger partial charge is 0.289 e. The van der Waals surface area contributed by atoms with E-state index in [9.17, 15) is 4.79 Å². The average Bonchev–Trinajstić information content (AvgIpc) is 3.53. The van der Waals surface area contributed by atoms with Gasteiger partial charge in [0, 0.05) is 31.3 Å². The molecule has 5 nitrogen and oxygen atoms in total. The van der Waals surface area contributed by atoms with Gasteiger partial charge in [0.25, 0.3) is 5.91 Å². The number of fused-ring (bicyclic) bond motifs is 1. The molecule has 0 N–H and O–H groups in total. The van der Waals surface area contributed by atoms with Crippen LogP contribution in [-0.2, 0) is 17.6 Å². The summed E-state index contributed by atoms with van der Waals surface area (Å²) in [6.45, 7) is 8.42. The summed E-state index contributed by atoms with van der Waals surface area (Å²) in [5, 5.41) is 0. The molecule has 2 aromatic rings. The average molecular weight is 437 g/mol. The second-order valence-corrected chi connectivity index (χ2v) is 10.0. The largest absolute Gasteiger partial charge is 0.456 e. The molecule has 1 unspecified atom stereocenters. The van der Waals surface area contributed by atoms with Crippen molar-refractivity contribution in [2.75, 3.05) is 32.8 Å². The van der Waals surface area contributed by atoms with E-state index in [0.29, 0.717) is 24.3 Å². The van der Waals surface area contributed by atoms with Crippen LogP contribution >= 0.6 is 0 Å². The molecule has 3 aliphatic rings. The van der Waals surface area contributed by atoms with Crippen LogP contribution in [0.5, 0.6) is 0 Å². The van der Waals surface area contributed by atoms with Crippen molar-refractivity contribution < 1.29 is 13.9 Å². The van der Waals surface area contributed by atoms with Gasteiger partial charge in [-0.3, -0.25) is 9.69 Å². The second-order valence-electron chi connectivity index (χ2n) is 10.0. The summed E-state index contributed by atoms with van der Waals surface area (Å²) in [5.41, 5.74) is 3.98.